The molecular weight excluding hydrogens is 252 g/mol. The molecule has 1 heterocycles. The molecular formula is C15H20N4O. The molecule has 2 rings (SSSR count). The van der Waals surface area contributed by atoms with Crippen LogP contribution in [0.3, 0.4) is 0 Å². The van der Waals surface area contributed by atoms with Crippen LogP contribution in [0.4, 0.5) is 5.69 Å². The highest BCUT2D eigenvalue weighted by molar-refractivity contribution is 5.90. The Kier molecular flexibility index (Phi) is 5.32. The minimum absolute atomic E-state index is 0.0231. The van der Waals surface area contributed by atoms with Gasteiger partial charge in [0.1, 0.15) is 0 Å². The van der Waals surface area contributed by atoms with Crippen molar-refractivity contribution in [3.05, 3.63) is 48.8 Å². The molecule has 1 unspecified atom stereocenters. The van der Waals surface area contributed by atoms with Crippen molar-refractivity contribution in [2.75, 3.05) is 11.9 Å². The number of hydrogen-bond donors (Lipinski definition) is 2. The fourth-order valence-corrected chi connectivity index (χ4v) is 1.93. The van der Waals surface area contributed by atoms with E-state index in [-0.39, 0.29) is 11.9 Å². The molecule has 0 radical (unpaired) electrons. The van der Waals surface area contributed by atoms with E-state index in [1.807, 2.05) is 47.3 Å². The third kappa shape index (κ3) is 4.85. The standard InChI is InChI=1S/C15H20N4O/c1-13(12-19-11-5-9-17-19)16-10-8-15(20)18-14-6-3-2-4-7-14/h2-7,9,11,13,16H,8,10,12H2,1H3,(H,18,20). The molecule has 1 aromatic carbocycles. The van der Waals surface area contributed by atoms with E-state index in [0.717, 1.165) is 12.2 Å². The summed E-state index contributed by atoms with van der Waals surface area (Å²) in [6.45, 7) is 3.53. The first-order chi connectivity index (χ1) is 9.74. The zero-order valence-electron chi connectivity index (χ0n) is 11.6. The maximum atomic E-state index is 11.7. The van der Waals surface area contributed by atoms with E-state index in [1.54, 1.807) is 6.20 Å². The van der Waals surface area contributed by atoms with Gasteiger partial charge in [0, 0.05) is 37.1 Å². The first kappa shape index (κ1) is 14.3. The van der Waals surface area contributed by atoms with E-state index in [0.29, 0.717) is 13.0 Å². The quantitative estimate of drug-likeness (QED) is 0.809. The number of carbonyl (C=O) groups is 1. The normalized spacial score (nSPS) is 12.1. The van der Waals surface area contributed by atoms with Gasteiger partial charge in [-0.05, 0) is 25.1 Å². The van der Waals surface area contributed by atoms with Gasteiger partial charge in [-0.25, -0.2) is 0 Å². The average molecular weight is 272 g/mol. The maximum absolute atomic E-state index is 11.7. The predicted molar refractivity (Wildman–Crippen MR) is 79.4 cm³/mol. The Balaban J connectivity index is 1.64. The summed E-state index contributed by atoms with van der Waals surface area (Å²) < 4.78 is 1.88. The van der Waals surface area contributed by atoms with Crippen LogP contribution >= 0.6 is 0 Å². The predicted octanol–water partition coefficient (Wildman–Crippen LogP) is 1.89. The maximum Gasteiger partial charge on any atom is 0.225 e. The summed E-state index contributed by atoms with van der Waals surface area (Å²) in [4.78, 5) is 11.7. The number of para-hydroxylation sites is 1. The number of hydrogen-bond acceptors (Lipinski definition) is 3. The molecule has 0 bridgehead atoms. The van der Waals surface area contributed by atoms with Crippen LogP contribution in [-0.4, -0.2) is 28.3 Å². The molecule has 1 atom stereocenters. The van der Waals surface area contributed by atoms with Gasteiger partial charge in [-0.2, -0.15) is 5.10 Å². The van der Waals surface area contributed by atoms with E-state index >= 15 is 0 Å². The molecule has 0 saturated heterocycles. The third-order valence-corrected chi connectivity index (χ3v) is 2.92. The third-order valence-electron chi connectivity index (χ3n) is 2.92. The zero-order chi connectivity index (χ0) is 14.2. The number of benzene rings is 1. The molecule has 1 amide bonds. The van der Waals surface area contributed by atoms with Crippen molar-refractivity contribution >= 4 is 11.6 Å². The second-order valence-corrected chi connectivity index (χ2v) is 4.75. The number of nitrogens with one attached hydrogen (secondary N) is 2. The first-order valence-corrected chi connectivity index (χ1v) is 6.80. The Labute approximate surface area is 119 Å². The highest BCUT2D eigenvalue weighted by Crippen LogP contribution is 2.05. The van der Waals surface area contributed by atoms with Crippen LogP contribution in [0, 0.1) is 0 Å². The molecule has 0 fully saturated rings. The lowest BCUT2D eigenvalue weighted by molar-refractivity contribution is -0.116. The lowest BCUT2D eigenvalue weighted by Crippen LogP contribution is -2.33. The van der Waals surface area contributed by atoms with Gasteiger partial charge in [0.2, 0.25) is 5.91 Å². The highest BCUT2D eigenvalue weighted by Gasteiger charge is 2.05. The molecule has 20 heavy (non-hydrogen) atoms. The van der Waals surface area contributed by atoms with Gasteiger partial charge < -0.3 is 10.6 Å². The summed E-state index contributed by atoms with van der Waals surface area (Å²) in [7, 11) is 0. The van der Waals surface area contributed by atoms with Crippen molar-refractivity contribution in [3.8, 4) is 0 Å². The lowest BCUT2D eigenvalue weighted by atomic mass is 10.3. The fraction of sp³-hybridized carbons (Fsp3) is 0.333. The molecule has 2 aromatic rings. The van der Waals surface area contributed by atoms with Gasteiger partial charge in [-0.1, -0.05) is 18.2 Å². The van der Waals surface area contributed by atoms with Crippen molar-refractivity contribution in [1.29, 1.82) is 0 Å². The van der Waals surface area contributed by atoms with Crippen LogP contribution in [0.15, 0.2) is 48.8 Å². The van der Waals surface area contributed by atoms with E-state index in [9.17, 15) is 4.79 Å². The molecule has 5 heteroatoms. The fourth-order valence-electron chi connectivity index (χ4n) is 1.93. The Morgan fingerprint density at radius 1 is 1.30 bits per heavy atom. The molecule has 0 aliphatic carbocycles. The molecule has 2 N–H and O–H groups in total. The lowest BCUT2D eigenvalue weighted by Gasteiger charge is -2.13. The van der Waals surface area contributed by atoms with Gasteiger partial charge in [0.25, 0.3) is 0 Å². The number of anilines is 1. The van der Waals surface area contributed by atoms with Crippen LogP contribution in [0.2, 0.25) is 0 Å². The second kappa shape index (κ2) is 7.45. The summed E-state index contributed by atoms with van der Waals surface area (Å²) in [5.41, 5.74) is 0.835. The van der Waals surface area contributed by atoms with Crippen molar-refractivity contribution < 1.29 is 4.79 Å². The Morgan fingerprint density at radius 3 is 2.80 bits per heavy atom. The molecule has 0 aliphatic rings. The molecule has 0 saturated carbocycles. The van der Waals surface area contributed by atoms with Gasteiger partial charge in [0.05, 0.1) is 6.54 Å². The Morgan fingerprint density at radius 2 is 2.10 bits per heavy atom. The van der Waals surface area contributed by atoms with E-state index < -0.39 is 0 Å². The van der Waals surface area contributed by atoms with Gasteiger partial charge in [-0.3, -0.25) is 9.48 Å². The summed E-state index contributed by atoms with van der Waals surface area (Å²) in [6.07, 6.45) is 4.15. The number of amides is 1. The van der Waals surface area contributed by atoms with Crippen LogP contribution in [-0.2, 0) is 11.3 Å². The van der Waals surface area contributed by atoms with Crippen LogP contribution in [0.5, 0.6) is 0 Å². The topological polar surface area (TPSA) is 59.0 Å². The first-order valence-electron chi connectivity index (χ1n) is 6.80. The highest BCUT2D eigenvalue weighted by atomic mass is 16.1. The molecule has 0 spiro atoms. The summed E-state index contributed by atoms with van der Waals surface area (Å²) in [5.74, 6) is 0.0231. The smallest absolute Gasteiger partial charge is 0.225 e. The van der Waals surface area contributed by atoms with Crippen molar-refractivity contribution in [2.45, 2.75) is 25.9 Å². The zero-order valence-corrected chi connectivity index (χ0v) is 11.6. The number of rotatable bonds is 7. The molecule has 1 aromatic heterocycles. The monoisotopic (exact) mass is 272 g/mol. The average Bonchev–Trinajstić information content (AvgIpc) is 2.92. The van der Waals surface area contributed by atoms with Crippen LogP contribution < -0.4 is 10.6 Å². The minimum Gasteiger partial charge on any atom is -0.326 e. The largest absolute Gasteiger partial charge is 0.326 e. The van der Waals surface area contributed by atoms with E-state index in [2.05, 4.69) is 22.7 Å². The number of carbonyl (C=O) groups excluding carboxylic acids is 1. The van der Waals surface area contributed by atoms with Gasteiger partial charge >= 0.3 is 0 Å². The van der Waals surface area contributed by atoms with Gasteiger partial charge in [-0.15, -0.1) is 0 Å². The van der Waals surface area contributed by atoms with Crippen molar-refractivity contribution in [1.82, 2.24) is 15.1 Å². The molecule has 106 valence electrons. The van der Waals surface area contributed by atoms with Crippen molar-refractivity contribution in [2.24, 2.45) is 0 Å². The van der Waals surface area contributed by atoms with Gasteiger partial charge in [0.15, 0.2) is 0 Å². The summed E-state index contributed by atoms with van der Waals surface area (Å²) in [6, 6.07) is 11.7. The Bertz CT molecular complexity index is 510. The number of nitrogens with zero attached hydrogens (tertiary/aromatic N) is 2. The van der Waals surface area contributed by atoms with Crippen LogP contribution in [0.25, 0.3) is 0 Å². The molecule has 5 nitrogen and oxygen atoms in total. The number of aromatic nitrogens is 2. The SMILES string of the molecule is CC(Cn1cccn1)NCCC(=O)Nc1ccccc1. The van der Waals surface area contributed by atoms with Crippen LogP contribution in [0.1, 0.15) is 13.3 Å². The van der Waals surface area contributed by atoms with Crippen molar-refractivity contribution in [3.63, 3.8) is 0 Å². The second-order valence-electron chi connectivity index (χ2n) is 4.75. The molecule has 0 aliphatic heterocycles. The van der Waals surface area contributed by atoms with E-state index in [1.165, 1.54) is 0 Å². The summed E-state index contributed by atoms with van der Waals surface area (Å²) in [5, 5.41) is 10.3. The Hall–Kier alpha value is -2.14. The summed E-state index contributed by atoms with van der Waals surface area (Å²) >= 11 is 0. The minimum atomic E-state index is 0.0231. The van der Waals surface area contributed by atoms with E-state index in [4.69, 9.17) is 0 Å².